The molecule has 0 atom stereocenters. The third-order valence-corrected chi connectivity index (χ3v) is 3.80. The van der Waals surface area contributed by atoms with Crippen LogP contribution in [0.3, 0.4) is 0 Å². The maximum absolute atomic E-state index is 10.1. The Morgan fingerprint density at radius 1 is 0.588 bits per heavy atom. The van der Waals surface area contributed by atoms with Crippen molar-refractivity contribution in [3.8, 4) is 22.9 Å². The average molecular weight is 515 g/mol. The summed E-state index contributed by atoms with van der Waals surface area (Å²) in [5, 5.41) is 37.7. The summed E-state index contributed by atoms with van der Waals surface area (Å²) in [7, 11) is 0. The molecule has 0 fully saturated rings. The van der Waals surface area contributed by atoms with E-state index in [9.17, 15) is 19.8 Å². The number of nitrogens with zero attached hydrogens (tertiary/aromatic N) is 2. The Hall–Kier alpha value is -4.14. The second-order valence-corrected chi connectivity index (χ2v) is 6.10. The van der Waals surface area contributed by atoms with Crippen molar-refractivity contribution in [1.29, 1.82) is 0 Å². The number of aromatic carboxylic acids is 2. The fraction of sp³-hybridized carbons (Fsp3) is 0. The Balaban J connectivity index is 0.000000470. The van der Waals surface area contributed by atoms with Crippen LogP contribution in [0.5, 0.6) is 11.5 Å². The zero-order chi connectivity index (χ0) is 23.3. The summed E-state index contributed by atoms with van der Waals surface area (Å²) in [6.45, 7) is 0. The van der Waals surface area contributed by atoms with Crippen molar-refractivity contribution in [3.05, 3.63) is 108 Å². The van der Waals surface area contributed by atoms with Gasteiger partial charge in [0.05, 0.1) is 23.3 Å². The molecule has 0 saturated carbocycles. The van der Waals surface area contributed by atoms with Gasteiger partial charge in [-0.1, -0.05) is 12.1 Å². The van der Waals surface area contributed by atoms with Crippen LogP contribution in [0.15, 0.2) is 97.3 Å². The zero-order valence-corrected chi connectivity index (χ0v) is 20.9. The molecule has 5 N–H and O–H groups in total. The van der Waals surface area contributed by atoms with Gasteiger partial charge in [-0.15, -0.1) is 0 Å². The number of aromatic nitrogens is 2. The minimum Gasteiger partial charge on any atom is -0.545 e. The van der Waals surface area contributed by atoms with Crippen LogP contribution in [-0.4, -0.2) is 32.1 Å². The standard InChI is InChI=1S/C10H8N2.2C7H6O3.H2O.Zn/c1-3-7-11-9(5-1)10-6-2-4-8-12-10;2*8-6-3-1-5(2-4-6)7(9)10;;/h1-8H;2*1-4,8H,(H,9,10);1H2;/q;;;;+2/p-1. The van der Waals surface area contributed by atoms with E-state index in [1.807, 2.05) is 36.4 Å². The van der Waals surface area contributed by atoms with Crippen LogP contribution in [0.2, 0.25) is 0 Å². The molecular formula is C24H21N2O7Zn+. The number of benzene rings is 2. The van der Waals surface area contributed by atoms with Gasteiger partial charge in [-0.05, 0) is 83.9 Å². The fourth-order valence-electron chi connectivity index (χ4n) is 2.22. The minimum absolute atomic E-state index is 0. The van der Waals surface area contributed by atoms with Gasteiger partial charge in [-0.2, -0.15) is 0 Å². The number of phenols is 2. The summed E-state index contributed by atoms with van der Waals surface area (Å²) in [5.74, 6) is -2.38. The third kappa shape index (κ3) is 10.5. The largest absolute Gasteiger partial charge is 2.00 e. The molecule has 9 nitrogen and oxygen atoms in total. The van der Waals surface area contributed by atoms with E-state index in [0.717, 1.165) is 11.4 Å². The van der Waals surface area contributed by atoms with Crippen molar-refractivity contribution in [2.24, 2.45) is 0 Å². The van der Waals surface area contributed by atoms with Gasteiger partial charge in [-0.3, -0.25) is 9.97 Å². The molecule has 0 amide bonds. The van der Waals surface area contributed by atoms with E-state index in [1.165, 1.54) is 48.5 Å². The summed E-state index contributed by atoms with van der Waals surface area (Å²) < 4.78 is 0. The average Bonchev–Trinajstić information content (AvgIpc) is 2.82. The third-order valence-electron chi connectivity index (χ3n) is 3.80. The molecule has 0 bridgehead atoms. The molecule has 0 aliphatic carbocycles. The van der Waals surface area contributed by atoms with E-state index < -0.39 is 11.9 Å². The molecule has 2 aromatic carbocycles. The van der Waals surface area contributed by atoms with Crippen LogP contribution < -0.4 is 10.2 Å². The molecule has 2 heterocycles. The van der Waals surface area contributed by atoms with Gasteiger partial charge >= 0.3 is 19.5 Å². The van der Waals surface area contributed by atoms with E-state index >= 15 is 0 Å². The number of aromatic hydroxyl groups is 2. The van der Waals surface area contributed by atoms with Crippen LogP contribution in [0.1, 0.15) is 20.7 Å². The molecule has 4 aromatic rings. The molecule has 0 radical (unpaired) electrons. The minimum atomic E-state index is -1.24. The van der Waals surface area contributed by atoms with E-state index in [4.69, 9.17) is 10.2 Å². The number of pyridine rings is 2. The Bertz CT molecular complexity index is 1030. The summed E-state index contributed by atoms with van der Waals surface area (Å²) in [4.78, 5) is 28.6. The van der Waals surface area contributed by atoms with E-state index in [2.05, 4.69) is 9.97 Å². The van der Waals surface area contributed by atoms with Gasteiger partial charge in [0.15, 0.2) is 0 Å². The summed E-state index contributed by atoms with van der Waals surface area (Å²) in [6.07, 6.45) is 3.54. The molecule has 0 aliphatic heterocycles. The SMILES string of the molecule is O=C([O-])c1ccc(O)cc1.O=C([O-])c1ccc(O)cc1.[OH3+].[Zn+2].c1ccc(-c2ccccn2)nc1. The zero-order valence-electron chi connectivity index (χ0n) is 17.9. The Morgan fingerprint density at radius 3 is 1.15 bits per heavy atom. The van der Waals surface area contributed by atoms with Crippen molar-refractivity contribution < 1.29 is 55.0 Å². The first-order valence-electron chi connectivity index (χ1n) is 9.20. The molecule has 0 spiro atoms. The quantitative estimate of drug-likeness (QED) is 0.296. The fourth-order valence-corrected chi connectivity index (χ4v) is 2.22. The summed E-state index contributed by atoms with van der Waals surface area (Å²) >= 11 is 0. The van der Waals surface area contributed by atoms with Crippen LogP contribution in [0, 0.1) is 0 Å². The second kappa shape index (κ2) is 15.6. The van der Waals surface area contributed by atoms with Gasteiger partial charge in [0.1, 0.15) is 11.5 Å². The number of carboxylic acid groups (broad SMARTS) is 2. The second-order valence-electron chi connectivity index (χ2n) is 6.10. The van der Waals surface area contributed by atoms with Crippen molar-refractivity contribution in [3.63, 3.8) is 0 Å². The molecule has 2 aromatic heterocycles. The first-order chi connectivity index (χ1) is 15.4. The van der Waals surface area contributed by atoms with E-state index in [1.54, 1.807) is 12.4 Å². The number of carboxylic acids is 2. The molecule has 0 unspecified atom stereocenters. The maximum Gasteiger partial charge on any atom is 2.00 e. The molecule has 170 valence electrons. The van der Waals surface area contributed by atoms with Crippen LogP contribution in [0.25, 0.3) is 11.4 Å². The van der Waals surface area contributed by atoms with Crippen LogP contribution in [0.4, 0.5) is 0 Å². The number of hydrogen-bond donors (Lipinski definition) is 2. The van der Waals surface area contributed by atoms with E-state index in [0.29, 0.717) is 0 Å². The van der Waals surface area contributed by atoms with Crippen molar-refractivity contribution in [1.82, 2.24) is 9.97 Å². The van der Waals surface area contributed by atoms with Gasteiger partial charge < -0.3 is 35.5 Å². The predicted molar refractivity (Wildman–Crippen MR) is 117 cm³/mol. The smallest absolute Gasteiger partial charge is 0.545 e. The molecule has 0 saturated heterocycles. The number of carbonyl (C=O) groups excluding carboxylic acids is 2. The van der Waals surface area contributed by atoms with Crippen LogP contribution >= 0.6 is 0 Å². The maximum atomic E-state index is 10.1. The topological polar surface area (TPSA) is 180 Å². The number of hydrogen-bond acceptors (Lipinski definition) is 8. The van der Waals surface area contributed by atoms with Crippen molar-refractivity contribution in [2.75, 3.05) is 0 Å². The summed E-state index contributed by atoms with van der Waals surface area (Å²) in [6, 6.07) is 21.9. The first kappa shape index (κ1) is 29.9. The number of phenolic OH excluding ortho intramolecular Hbond substituents is 2. The van der Waals surface area contributed by atoms with E-state index in [-0.39, 0.29) is 47.6 Å². The predicted octanol–water partition coefficient (Wildman–Crippen LogP) is 0.731. The van der Waals surface area contributed by atoms with Gasteiger partial charge in [-0.25, -0.2) is 0 Å². The van der Waals surface area contributed by atoms with Gasteiger partial charge in [0.2, 0.25) is 0 Å². The first-order valence-corrected chi connectivity index (χ1v) is 9.20. The Labute approximate surface area is 208 Å². The number of carbonyl (C=O) groups is 2. The monoisotopic (exact) mass is 513 g/mol. The molecular weight excluding hydrogens is 494 g/mol. The van der Waals surface area contributed by atoms with Gasteiger partial charge in [0.25, 0.3) is 0 Å². The van der Waals surface area contributed by atoms with Crippen molar-refractivity contribution in [2.45, 2.75) is 0 Å². The van der Waals surface area contributed by atoms with Crippen molar-refractivity contribution >= 4 is 11.9 Å². The Kier molecular flexibility index (Phi) is 13.7. The van der Waals surface area contributed by atoms with Crippen LogP contribution in [-0.2, 0) is 25.0 Å². The molecule has 10 heteroatoms. The molecule has 34 heavy (non-hydrogen) atoms. The normalized spacial score (nSPS) is 8.82. The number of rotatable bonds is 3. The Morgan fingerprint density at radius 2 is 0.912 bits per heavy atom. The van der Waals surface area contributed by atoms with Gasteiger partial charge in [0, 0.05) is 12.4 Å². The molecule has 0 aliphatic rings. The summed E-state index contributed by atoms with van der Waals surface area (Å²) in [5.41, 5.74) is 1.96. The molecule has 4 rings (SSSR count).